The molecule has 1 amide bonds. The first-order valence-electron chi connectivity index (χ1n) is 9.59. The number of pyridine rings is 1. The van der Waals surface area contributed by atoms with Gasteiger partial charge in [0, 0.05) is 34.6 Å². The summed E-state index contributed by atoms with van der Waals surface area (Å²) in [6, 6.07) is 10.4. The molecule has 0 radical (unpaired) electrons. The van der Waals surface area contributed by atoms with Gasteiger partial charge in [0.1, 0.15) is 5.15 Å². The van der Waals surface area contributed by atoms with E-state index in [4.69, 9.17) is 11.6 Å². The van der Waals surface area contributed by atoms with E-state index in [1.165, 1.54) is 43.4 Å². The number of halogens is 1. The van der Waals surface area contributed by atoms with Crippen LogP contribution in [-0.4, -0.2) is 42.0 Å². The lowest BCUT2D eigenvalue weighted by Crippen LogP contribution is -2.39. The third-order valence-electron chi connectivity index (χ3n) is 5.49. The van der Waals surface area contributed by atoms with E-state index < -0.39 is 0 Å². The molecule has 0 aliphatic heterocycles. The SMILES string of the molecule is CN(CCNC(=O)c1cc2c(Cl)nc3ccccc3c2s1)C1CCCCC1. The molecular formula is C21H24ClN3OS. The minimum absolute atomic E-state index is 0.0339. The highest BCUT2D eigenvalue weighted by Gasteiger charge is 2.18. The largest absolute Gasteiger partial charge is 0.350 e. The van der Waals surface area contributed by atoms with Gasteiger partial charge in [-0.2, -0.15) is 0 Å². The van der Waals surface area contributed by atoms with Gasteiger partial charge in [-0.15, -0.1) is 11.3 Å². The quantitative estimate of drug-likeness (QED) is 0.605. The standard InChI is InChI=1S/C21H24ClN3OS/c1-25(14-7-3-2-4-8-14)12-11-23-21(26)18-13-16-19(27-18)15-9-5-6-10-17(15)24-20(16)22/h5-6,9-10,13-14H,2-4,7-8,11-12H2,1H3,(H,23,26). The van der Waals surface area contributed by atoms with Crippen LogP contribution in [0.3, 0.4) is 0 Å². The summed E-state index contributed by atoms with van der Waals surface area (Å²) in [6.45, 7) is 1.54. The molecule has 1 aromatic carbocycles. The first-order chi connectivity index (χ1) is 13.1. The van der Waals surface area contributed by atoms with Crippen molar-refractivity contribution in [3.8, 4) is 0 Å². The van der Waals surface area contributed by atoms with Gasteiger partial charge in [0.25, 0.3) is 5.91 Å². The van der Waals surface area contributed by atoms with Crippen molar-refractivity contribution in [2.45, 2.75) is 38.1 Å². The molecule has 6 heteroatoms. The van der Waals surface area contributed by atoms with Crippen LogP contribution in [-0.2, 0) is 0 Å². The van der Waals surface area contributed by atoms with Crippen molar-refractivity contribution >= 4 is 49.8 Å². The Morgan fingerprint density at radius 3 is 2.85 bits per heavy atom. The van der Waals surface area contributed by atoms with Crippen molar-refractivity contribution in [2.75, 3.05) is 20.1 Å². The van der Waals surface area contributed by atoms with Crippen LogP contribution in [0.15, 0.2) is 30.3 Å². The zero-order valence-electron chi connectivity index (χ0n) is 15.5. The van der Waals surface area contributed by atoms with Gasteiger partial charge in [0.2, 0.25) is 0 Å². The van der Waals surface area contributed by atoms with Crippen molar-refractivity contribution in [1.82, 2.24) is 15.2 Å². The van der Waals surface area contributed by atoms with E-state index in [1.807, 2.05) is 30.3 Å². The topological polar surface area (TPSA) is 45.2 Å². The number of hydrogen-bond acceptors (Lipinski definition) is 4. The molecular weight excluding hydrogens is 378 g/mol. The molecule has 3 aromatic rings. The van der Waals surface area contributed by atoms with Gasteiger partial charge in [0.15, 0.2) is 0 Å². The zero-order chi connectivity index (χ0) is 18.8. The van der Waals surface area contributed by atoms with Crippen molar-refractivity contribution in [3.05, 3.63) is 40.4 Å². The van der Waals surface area contributed by atoms with Gasteiger partial charge in [-0.05, 0) is 32.0 Å². The lowest BCUT2D eigenvalue weighted by molar-refractivity contribution is 0.0948. The molecule has 1 fully saturated rings. The number of hydrogen-bond donors (Lipinski definition) is 1. The van der Waals surface area contributed by atoms with Crippen molar-refractivity contribution in [1.29, 1.82) is 0 Å². The zero-order valence-corrected chi connectivity index (χ0v) is 17.1. The molecule has 1 saturated carbocycles. The Bertz CT molecular complexity index is 965. The van der Waals surface area contributed by atoms with E-state index in [0.717, 1.165) is 27.5 Å². The van der Waals surface area contributed by atoms with Crippen molar-refractivity contribution in [3.63, 3.8) is 0 Å². The first-order valence-corrected chi connectivity index (χ1v) is 10.8. The van der Waals surface area contributed by atoms with Crippen LogP contribution >= 0.6 is 22.9 Å². The third kappa shape index (κ3) is 3.96. The maximum Gasteiger partial charge on any atom is 0.261 e. The number of para-hydroxylation sites is 1. The van der Waals surface area contributed by atoms with E-state index >= 15 is 0 Å². The fourth-order valence-electron chi connectivity index (χ4n) is 3.92. The number of benzene rings is 1. The van der Waals surface area contributed by atoms with E-state index in [0.29, 0.717) is 22.6 Å². The summed E-state index contributed by atoms with van der Waals surface area (Å²) in [5.41, 5.74) is 0.859. The summed E-state index contributed by atoms with van der Waals surface area (Å²) < 4.78 is 1.02. The number of nitrogens with zero attached hydrogens (tertiary/aromatic N) is 2. The average Bonchev–Trinajstić information content (AvgIpc) is 3.15. The van der Waals surface area contributed by atoms with Crippen molar-refractivity contribution < 1.29 is 4.79 Å². The Labute approximate surface area is 168 Å². The summed E-state index contributed by atoms with van der Waals surface area (Å²) >= 11 is 7.83. The maximum atomic E-state index is 12.6. The average molecular weight is 402 g/mol. The van der Waals surface area contributed by atoms with E-state index in [-0.39, 0.29) is 5.91 Å². The van der Waals surface area contributed by atoms with Gasteiger partial charge < -0.3 is 10.2 Å². The molecule has 142 valence electrons. The van der Waals surface area contributed by atoms with Crippen LogP contribution in [0.25, 0.3) is 21.0 Å². The van der Waals surface area contributed by atoms with Crippen LogP contribution < -0.4 is 5.32 Å². The molecule has 0 unspecified atom stereocenters. The molecule has 0 spiro atoms. The summed E-state index contributed by atoms with van der Waals surface area (Å²) in [5.74, 6) is -0.0339. The molecule has 0 atom stereocenters. The lowest BCUT2D eigenvalue weighted by atomic mass is 9.94. The Morgan fingerprint density at radius 1 is 1.26 bits per heavy atom. The molecule has 1 N–H and O–H groups in total. The number of likely N-dealkylation sites (N-methyl/N-ethyl adjacent to an activating group) is 1. The van der Waals surface area contributed by atoms with Crippen LogP contribution in [0.2, 0.25) is 5.15 Å². The second kappa shape index (κ2) is 8.13. The third-order valence-corrected chi connectivity index (χ3v) is 6.95. The minimum Gasteiger partial charge on any atom is -0.350 e. The highest BCUT2D eigenvalue weighted by atomic mass is 35.5. The number of amides is 1. The minimum atomic E-state index is -0.0339. The van der Waals surface area contributed by atoms with E-state index in [1.54, 1.807) is 0 Å². The molecule has 2 aromatic heterocycles. The molecule has 2 heterocycles. The number of rotatable bonds is 5. The number of carbonyl (C=O) groups is 1. The maximum absolute atomic E-state index is 12.6. The summed E-state index contributed by atoms with van der Waals surface area (Å²) in [4.78, 5) is 20.2. The van der Waals surface area contributed by atoms with Gasteiger partial charge >= 0.3 is 0 Å². The van der Waals surface area contributed by atoms with Crippen LogP contribution in [0, 0.1) is 0 Å². The number of fused-ring (bicyclic) bond motifs is 3. The number of thiophene rings is 1. The molecule has 27 heavy (non-hydrogen) atoms. The predicted molar refractivity (Wildman–Crippen MR) is 114 cm³/mol. The predicted octanol–water partition coefficient (Wildman–Crippen LogP) is 5.10. The molecule has 4 nitrogen and oxygen atoms in total. The fourth-order valence-corrected chi connectivity index (χ4v) is 5.33. The monoisotopic (exact) mass is 401 g/mol. The summed E-state index contributed by atoms with van der Waals surface area (Å²) in [6.07, 6.45) is 6.57. The van der Waals surface area contributed by atoms with E-state index in [2.05, 4.69) is 22.2 Å². The number of nitrogens with one attached hydrogen (secondary N) is 1. The Morgan fingerprint density at radius 2 is 2.04 bits per heavy atom. The normalized spacial score (nSPS) is 15.7. The number of aromatic nitrogens is 1. The summed E-state index contributed by atoms with van der Waals surface area (Å²) in [5, 5.41) is 5.41. The first kappa shape index (κ1) is 18.7. The molecule has 1 aliphatic carbocycles. The van der Waals surface area contributed by atoms with Crippen molar-refractivity contribution in [2.24, 2.45) is 0 Å². The second-order valence-corrected chi connectivity index (χ2v) is 8.71. The Balaban J connectivity index is 1.45. The Kier molecular flexibility index (Phi) is 5.62. The molecule has 0 bridgehead atoms. The van der Waals surface area contributed by atoms with Gasteiger partial charge in [-0.25, -0.2) is 4.98 Å². The summed E-state index contributed by atoms with van der Waals surface area (Å²) in [7, 11) is 2.17. The van der Waals surface area contributed by atoms with E-state index in [9.17, 15) is 4.79 Å². The van der Waals surface area contributed by atoms with Crippen LogP contribution in [0.1, 0.15) is 41.8 Å². The van der Waals surface area contributed by atoms with Crippen LogP contribution in [0.5, 0.6) is 0 Å². The molecule has 0 saturated heterocycles. The fraction of sp³-hybridized carbons (Fsp3) is 0.429. The lowest BCUT2D eigenvalue weighted by Gasteiger charge is -2.31. The molecule has 1 aliphatic rings. The highest BCUT2D eigenvalue weighted by molar-refractivity contribution is 7.21. The highest BCUT2D eigenvalue weighted by Crippen LogP contribution is 2.35. The van der Waals surface area contributed by atoms with Crippen LogP contribution in [0.4, 0.5) is 0 Å². The molecule has 4 rings (SSSR count). The second-order valence-electron chi connectivity index (χ2n) is 7.30. The number of carbonyl (C=O) groups excluding carboxylic acids is 1. The smallest absolute Gasteiger partial charge is 0.261 e. The van der Waals surface area contributed by atoms with Gasteiger partial charge in [-0.1, -0.05) is 49.1 Å². The van der Waals surface area contributed by atoms with Gasteiger partial charge in [-0.3, -0.25) is 4.79 Å². The Hall–Kier alpha value is -1.69. The van der Waals surface area contributed by atoms with Gasteiger partial charge in [0.05, 0.1) is 10.4 Å².